The molecule has 0 saturated carbocycles. The molecule has 0 bridgehead atoms. The summed E-state index contributed by atoms with van der Waals surface area (Å²) < 4.78 is 11.0. The first kappa shape index (κ1) is 21.2. The van der Waals surface area contributed by atoms with Crippen molar-refractivity contribution in [2.75, 3.05) is 13.7 Å². The third-order valence-corrected chi connectivity index (χ3v) is 6.59. The van der Waals surface area contributed by atoms with E-state index in [2.05, 4.69) is 0 Å². The van der Waals surface area contributed by atoms with Crippen molar-refractivity contribution in [3.8, 4) is 0 Å². The van der Waals surface area contributed by atoms with Gasteiger partial charge >= 0.3 is 5.97 Å². The average Bonchev–Trinajstić information content (AvgIpc) is 3.59. The maximum absolute atomic E-state index is 13.2. The molecule has 0 fully saturated rings. The van der Waals surface area contributed by atoms with Crippen molar-refractivity contribution in [1.82, 2.24) is 9.88 Å². The molecule has 1 aliphatic carbocycles. The summed E-state index contributed by atoms with van der Waals surface area (Å²) in [4.78, 5) is 33.3. The number of carbonyl (C=O) groups is 2. The number of fused-ring (bicyclic) bond motifs is 2. The maximum atomic E-state index is 13.2. The Morgan fingerprint density at radius 1 is 1.15 bits per heavy atom. The topological polar surface area (TPSA) is 72.6 Å². The first-order valence-corrected chi connectivity index (χ1v) is 11.6. The molecule has 4 aromatic rings. The molecule has 0 radical (unpaired) electrons. The van der Waals surface area contributed by atoms with Gasteiger partial charge in [0.2, 0.25) is 0 Å². The number of likely N-dealkylation sites (N-methyl/N-ethyl adjacent to an activating group) is 1. The molecule has 33 heavy (non-hydrogen) atoms. The van der Waals surface area contributed by atoms with Gasteiger partial charge in [-0.05, 0) is 59.7 Å². The number of rotatable bonds is 6. The third-order valence-electron chi connectivity index (χ3n) is 5.73. The average molecular weight is 459 g/mol. The van der Waals surface area contributed by atoms with Crippen LogP contribution in [0.4, 0.5) is 0 Å². The summed E-state index contributed by atoms with van der Waals surface area (Å²) in [5, 5.41) is 2.71. The summed E-state index contributed by atoms with van der Waals surface area (Å²) in [6, 6.07) is 15.2. The highest BCUT2D eigenvalue weighted by molar-refractivity contribution is 7.09. The first-order chi connectivity index (χ1) is 16.1. The van der Waals surface area contributed by atoms with Gasteiger partial charge in [0.1, 0.15) is 5.76 Å². The number of furan rings is 1. The predicted molar refractivity (Wildman–Crippen MR) is 128 cm³/mol. The zero-order valence-electron chi connectivity index (χ0n) is 18.1. The Balaban J connectivity index is 1.42. The summed E-state index contributed by atoms with van der Waals surface area (Å²) >= 11 is 1.59. The highest BCUT2D eigenvalue weighted by atomic mass is 32.1. The van der Waals surface area contributed by atoms with Crippen LogP contribution in [0.1, 0.15) is 38.7 Å². The minimum Gasteiger partial charge on any atom is -0.465 e. The number of carbonyl (C=O) groups excluding carboxylic acids is 2. The number of ether oxygens (including phenoxy) is 1. The Bertz CT molecular complexity index is 1340. The van der Waals surface area contributed by atoms with Crippen LogP contribution in [-0.2, 0) is 22.5 Å². The number of esters is 1. The fourth-order valence-corrected chi connectivity index (χ4v) is 4.85. The molecule has 0 aliphatic heterocycles. The fourth-order valence-electron chi connectivity index (χ4n) is 4.09. The minimum atomic E-state index is -0.498. The van der Waals surface area contributed by atoms with E-state index in [1.807, 2.05) is 60.0 Å². The quantitative estimate of drug-likeness (QED) is 0.372. The van der Waals surface area contributed by atoms with Gasteiger partial charge in [-0.15, -0.1) is 11.3 Å². The fraction of sp³-hybridized carbons (Fsp3) is 0.192. The van der Waals surface area contributed by atoms with Crippen LogP contribution in [0.3, 0.4) is 0 Å². The van der Waals surface area contributed by atoms with Crippen molar-refractivity contribution in [2.24, 2.45) is 0 Å². The molecular formula is C26H22N2O4S. The van der Waals surface area contributed by atoms with Gasteiger partial charge in [-0.3, -0.25) is 4.79 Å². The van der Waals surface area contributed by atoms with E-state index in [1.165, 1.54) is 0 Å². The standard InChI is InChI=1S/C26H22N2O4S/c1-28(15-19-7-5-13-33-19)23(29)16-32-26(30)24-20-8-2-3-9-22(20)27-25-17(10-11-21(24)25)14-18-6-4-12-31-18/h2-9,12-14H,10-11,15-16H2,1H3. The smallest absolute Gasteiger partial charge is 0.339 e. The lowest BCUT2D eigenvalue weighted by Crippen LogP contribution is -2.30. The highest BCUT2D eigenvalue weighted by Gasteiger charge is 2.28. The lowest BCUT2D eigenvalue weighted by Gasteiger charge is -2.17. The highest BCUT2D eigenvalue weighted by Crippen LogP contribution is 2.37. The Labute approximate surface area is 195 Å². The van der Waals surface area contributed by atoms with E-state index in [9.17, 15) is 9.59 Å². The van der Waals surface area contributed by atoms with Crippen LogP contribution >= 0.6 is 11.3 Å². The molecule has 3 aromatic heterocycles. The van der Waals surface area contributed by atoms with Crippen LogP contribution in [0.2, 0.25) is 0 Å². The van der Waals surface area contributed by atoms with Gasteiger partial charge < -0.3 is 14.1 Å². The number of aromatic nitrogens is 1. The summed E-state index contributed by atoms with van der Waals surface area (Å²) in [5.74, 6) is 0.00319. The molecule has 7 heteroatoms. The van der Waals surface area contributed by atoms with Crippen molar-refractivity contribution >= 4 is 45.8 Å². The number of amides is 1. The summed E-state index contributed by atoms with van der Waals surface area (Å²) in [6.07, 6.45) is 5.02. The predicted octanol–water partition coefficient (Wildman–Crippen LogP) is 5.19. The number of thiophene rings is 1. The number of benzene rings is 1. The van der Waals surface area contributed by atoms with Crippen LogP contribution in [0, 0.1) is 0 Å². The molecule has 6 nitrogen and oxygen atoms in total. The van der Waals surface area contributed by atoms with E-state index < -0.39 is 5.97 Å². The Hall–Kier alpha value is -3.71. The molecule has 1 aromatic carbocycles. The normalized spacial score (nSPS) is 13.9. The number of nitrogens with zero attached hydrogens (tertiary/aromatic N) is 2. The second-order valence-corrected chi connectivity index (χ2v) is 8.95. The summed E-state index contributed by atoms with van der Waals surface area (Å²) in [5.41, 5.74) is 3.88. The SMILES string of the molecule is CN(Cc1cccs1)C(=O)COC(=O)c1c2c(nc3ccccc13)C(=Cc1ccco1)CC2. The Kier molecular flexibility index (Phi) is 5.79. The van der Waals surface area contributed by atoms with E-state index in [4.69, 9.17) is 14.1 Å². The van der Waals surface area contributed by atoms with Crippen LogP contribution in [0.5, 0.6) is 0 Å². The van der Waals surface area contributed by atoms with E-state index in [-0.39, 0.29) is 12.5 Å². The van der Waals surface area contributed by atoms with Crippen molar-refractivity contribution in [3.05, 3.63) is 87.6 Å². The van der Waals surface area contributed by atoms with E-state index in [1.54, 1.807) is 29.5 Å². The summed E-state index contributed by atoms with van der Waals surface area (Å²) in [7, 11) is 1.71. The Morgan fingerprint density at radius 3 is 2.82 bits per heavy atom. The zero-order chi connectivity index (χ0) is 22.8. The molecular weight excluding hydrogens is 436 g/mol. The molecule has 5 rings (SSSR count). The Morgan fingerprint density at radius 2 is 2.03 bits per heavy atom. The van der Waals surface area contributed by atoms with Gasteiger partial charge in [0.25, 0.3) is 5.91 Å². The van der Waals surface area contributed by atoms with Crippen molar-refractivity contribution in [2.45, 2.75) is 19.4 Å². The van der Waals surface area contributed by atoms with Crippen molar-refractivity contribution in [3.63, 3.8) is 0 Å². The van der Waals surface area contributed by atoms with Gasteiger partial charge in [0.05, 0.1) is 29.6 Å². The number of allylic oxidation sites excluding steroid dienone is 1. The number of pyridine rings is 1. The molecule has 166 valence electrons. The maximum Gasteiger partial charge on any atom is 0.339 e. The van der Waals surface area contributed by atoms with Crippen molar-refractivity contribution in [1.29, 1.82) is 0 Å². The van der Waals surface area contributed by atoms with Crippen LogP contribution in [0.15, 0.2) is 64.6 Å². The van der Waals surface area contributed by atoms with E-state index in [0.29, 0.717) is 18.5 Å². The zero-order valence-corrected chi connectivity index (χ0v) is 18.9. The van der Waals surface area contributed by atoms with Gasteiger partial charge in [-0.2, -0.15) is 0 Å². The lowest BCUT2D eigenvalue weighted by atomic mass is 10.0. The van der Waals surface area contributed by atoms with Crippen molar-refractivity contribution < 1.29 is 18.7 Å². The molecule has 0 atom stereocenters. The molecule has 0 saturated heterocycles. The van der Waals surface area contributed by atoms with E-state index in [0.717, 1.165) is 44.8 Å². The molecule has 0 N–H and O–H groups in total. The molecule has 1 amide bonds. The number of hydrogen-bond donors (Lipinski definition) is 0. The molecule has 3 heterocycles. The number of hydrogen-bond acceptors (Lipinski definition) is 6. The first-order valence-electron chi connectivity index (χ1n) is 10.7. The largest absolute Gasteiger partial charge is 0.465 e. The number of para-hydroxylation sites is 1. The van der Waals surface area contributed by atoms with Crippen LogP contribution < -0.4 is 0 Å². The molecule has 0 spiro atoms. The van der Waals surface area contributed by atoms with E-state index >= 15 is 0 Å². The monoisotopic (exact) mass is 458 g/mol. The lowest BCUT2D eigenvalue weighted by molar-refractivity contribution is -0.133. The summed E-state index contributed by atoms with van der Waals surface area (Å²) in [6.45, 7) is 0.184. The molecule has 0 unspecified atom stereocenters. The van der Waals surface area contributed by atoms with Gasteiger partial charge in [0, 0.05) is 17.3 Å². The van der Waals surface area contributed by atoms with Crippen LogP contribution in [0.25, 0.3) is 22.6 Å². The van der Waals surface area contributed by atoms with Gasteiger partial charge in [0.15, 0.2) is 6.61 Å². The van der Waals surface area contributed by atoms with Gasteiger partial charge in [-0.25, -0.2) is 9.78 Å². The second kappa shape index (κ2) is 9.03. The van der Waals surface area contributed by atoms with Crippen LogP contribution in [-0.4, -0.2) is 35.4 Å². The van der Waals surface area contributed by atoms with Gasteiger partial charge in [-0.1, -0.05) is 24.3 Å². The second-order valence-electron chi connectivity index (χ2n) is 7.92. The minimum absolute atomic E-state index is 0.245. The molecule has 1 aliphatic rings. The third kappa shape index (κ3) is 4.32.